The summed E-state index contributed by atoms with van der Waals surface area (Å²) in [6.07, 6.45) is 0.0769. The van der Waals surface area contributed by atoms with Gasteiger partial charge in [0.25, 0.3) is 0 Å². The molecule has 25 heavy (non-hydrogen) atoms. The molecule has 2 heterocycles. The first kappa shape index (κ1) is 16.7. The Morgan fingerprint density at radius 2 is 1.16 bits per heavy atom. The SMILES string of the molecule is c1ccc([C@@H]2COC(CNCC3N[C@H](c4ccccc4)CO3)N2)cc1. The van der Waals surface area contributed by atoms with E-state index in [1.165, 1.54) is 11.1 Å². The van der Waals surface area contributed by atoms with E-state index in [1.807, 2.05) is 12.1 Å². The summed E-state index contributed by atoms with van der Waals surface area (Å²) in [5.41, 5.74) is 2.55. The van der Waals surface area contributed by atoms with Gasteiger partial charge in [-0.2, -0.15) is 0 Å². The molecule has 2 aliphatic rings. The molecule has 0 aliphatic carbocycles. The van der Waals surface area contributed by atoms with Gasteiger partial charge in [0, 0.05) is 13.1 Å². The predicted octanol–water partition coefficient (Wildman–Crippen LogP) is 1.95. The highest BCUT2D eigenvalue weighted by atomic mass is 16.5. The monoisotopic (exact) mass is 339 g/mol. The van der Waals surface area contributed by atoms with Crippen LogP contribution in [0.4, 0.5) is 0 Å². The van der Waals surface area contributed by atoms with E-state index in [1.54, 1.807) is 0 Å². The molecule has 3 N–H and O–H groups in total. The van der Waals surface area contributed by atoms with E-state index in [9.17, 15) is 0 Å². The molecule has 5 nitrogen and oxygen atoms in total. The first-order valence-electron chi connectivity index (χ1n) is 8.94. The maximum absolute atomic E-state index is 5.84. The predicted molar refractivity (Wildman–Crippen MR) is 97.0 cm³/mol. The van der Waals surface area contributed by atoms with Crippen LogP contribution in [0, 0.1) is 0 Å². The molecule has 0 bridgehead atoms. The summed E-state index contributed by atoms with van der Waals surface area (Å²) in [5.74, 6) is 0. The molecular formula is C20H25N3O2. The van der Waals surface area contributed by atoms with Crippen molar-refractivity contribution >= 4 is 0 Å². The highest BCUT2D eigenvalue weighted by Gasteiger charge is 2.27. The van der Waals surface area contributed by atoms with Gasteiger partial charge in [0.2, 0.25) is 0 Å². The van der Waals surface area contributed by atoms with Crippen LogP contribution in [0.15, 0.2) is 60.7 Å². The Morgan fingerprint density at radius 1 is 0.720 bits per heavy atom. The lowest BCUT2D eigenvalue weighted by atomic mass is 10.1. The smallest absolute Gasteiger partial charge is 0.121 e. The van der Waals surface area contributed by atoms with Crippen LogP contribution < -0.4 is 16.0 Å². The molecule has 2 aromatic carbocycles. The molecule has 0 spiro atoms. The average Bonchev–Trinajstić information content (AvgIpc) is 3.33. The quantitative estimate of drug-likeness (QED) is 0.751. The van der Waals surface area contributed by atoms with Gasteiger partial charge < -0.3 is 14.8 Å². The maximum atomic E-state index is 5.84. The van der Waals surface area contributed by atoms with Gasteiger partial charge >= 0.3 is 0 Å². The van der Waals surface area contributed by atoms with E-state index in [0.29, 0.717) is 13.2 Å². The molecule has 0 saturated carbocycles. The molecule has 0 radical (unpaired) electrons. The van der Waals surface area contributed by atoms with Crippen LogP contribution in [0.25, 0.3) is 0 Å². The zero-order chi connectivity index (χ0) is 16.9. The largest absolute Gasteiger partial charge is 0.360 e. The van der Waals surface area contributed by atoms with Gasteiger partial charge in [0.15, 0.2) is 0 Å². The summed E-state index contributed by atoms with van der Waals surface area (Å²) < 4.78 is 11.7. The van der Waals surface area contributed by atoms with Crippen molar-refractivity contribution in [1.82, 2.24) is 16.0 Å². The van der Waals surface area contributed by atoms with Crippen molar-refractivity contribution in [3.8, 4) is 0 Å². The Morgan fingerprint density at radius 3 is 1.60 bits per heavy atom. The summed E-state index contributed by atoms with van der Waals surface area (Å²) in [6.45, 7) is 2.96. The second-order valence-corrected chi connectivity index (χ2v) is 6.56. The van der Waals surface area contributed by atoms with Crippen molar-refractivity contribution < 1.29 is 9.47 Å². The van der Waals surface area contributed by atoms with Gasteiger partial charge in [-0.25, -0.2) is 0 Å². The Kier molecular flexibility index (Phi) is 5.40. The second-order valence-electron chi connectivity index (χ2n) is 6.56. The Bertz CT molecular complexity index is 595. The fourth-order valence-electron chi connectivity index (χ4n) is 3.40. The lowest BCUT2D eigenvalue weighted by Crippen LogP contribution is -2.42. The number of nitrogens with one attached hydrogen (secondary N) is 3. The summed E-state index contributed by atoms with van der Waals surface area (Å²) in [7, 11) is 0. The average molecular weight is 339 g/mol. The third-order valence-corrected chi connectivity index (χ3v) is 4.77. The maximum Gasteiger partial charge on any atom is 0.121 e. The van der Waals surface area contributed by atoms with Crippen LogP contribution in [0.2, 0.25) is 0 Å². The first-order valence-corrected chi connectivity index (χ1v) is 8.94. The molecular weight excluding hydrogens is 314 g/mol. The van der Waals surface area contributed by atoms with Crippen LogP contribution in [-0.2, 0) is 9.47 Å². The van der Waals surface area contributed by atoms with Crippen LogP contribution in [0.1, 0.15) is 23.2 Å². The highest BCUT2D eigenvalue weighted by molar-refractivity contribution is 5.20. The summed E-state index contributed by atoms with van der Waals surface area (Å²) in [6, 6.07) is 21.4. The van der Waals surface area contributed by atoms with Crippen LogP contribution in [0.5, 0.6) is 0 Å². The Hall–Kier alpha value is -1.76. The fraction of sp³-hybridized carbons (Fsp3) is 0.400. The number of benzene rings is 2. The fourth-order valence-corrected chi connectivity index (χ4v) is 3.40. The zero-order valence-corrected chi connectivity index (χ0v) is 14.2. The molecule has 132 valence electrons. The van der Waals surface area contributed by atoms with E-state index in [2.05, 4.69) is 64.5 Å². The van der Waals surface area contributed by atoms with Crippen molar-refractivity contribution in [2.75, 3.05) is 26.3 Å². The van der Waals surface area contributed by atoms with E-state index in [0.717, 1.165) is 13.1 Å². The molecule has 2 fully saturated rings. The second kappa shape index (κ2) is 8.08. The standard InChI is InChI=1S/C20H25N3O2/c1-3-7-15(8-4-1)17-13-24-19(22-17)11-21-12-20-23-18(14-25-20)16-9-5-2-6-10-16/h1-10,17-23H,11-14H2/t17-,18-,19?,20?/m0/s1. The minimum atomic E-state index is 0.0385. The summed E-state index contributed by atoms with van der Waals surface area (Å²) >= 11 is 0. The van der Waals surface area contributed by atoms with Gasteiger partial charge in [-0.15, -0.1) is 0 Å². The van der Waals surface area contributed by atoms with Gasteiger partial charge in [-0.05, 0) is 11.1 Å². The number of hydrogen-bond donors (Lipinski definition) is 3. The van der Waals surface area contributed by atoms with Gasteiger partial charge in [-0.3, -0.25) is 10.6 Å². The van der Waals surface area contributed by atoms with Gasteiger partial charge in [0.05, 0.1) is 25.3 Å². The third-order valence-electron chi connectivity index (χ3n) is 4.77. The lowest BCUT2D eigenvalue weighted by molar-refractivity contribution is 0.0797. The number of rotatable bonds is 6. The number of hydrogen-bond acceptors (Lipinski definition) is 5. The molecule has 4 atom stereocenters. The normalized spacial score (nSPS) is 29.1. The van der Waals surface area contributed by atoms with E-state index < -0.39 is 0 Å². The van der Waals surface area contributed by atoms with Crippen LogP contribution in [-0.4, -0.2) is 38.8 Å². The van der Waals surface area contributed by atoms with Crippen molar-refractivity contribution in [3.05, 3.63) is 71.8 Å². The Labute approximate surface area is 148 Å². The van der Waals surface area contributed by atoms with Gasteiger partial charge in [-0.1, -0.05) is 60.7 Å². The minimum absolute atomic E-state index is 0.0385. The molecule has 0 aromatic heterocycles. The van der Waals surface area contributed by atoms with E-state index in [-0.39, 0.29) is 24.5 Å². The summed E-state index contributed by atoms with van der Waals surface area (Å²) in [5, 5.41) is 10.5. The topological polar surface area (TPSA) is 54.5 Å². The van der Waals surface area contributed by atoms with Crippen LogP contribution in [0.3, 0.4) is 0 Å². The van der Waals surface area contributed by atoms with E-state index >= 15 is 0 Å². The highest BCUT2D eigenvalue weighted by Crippen LogP contribution is 2.20. The Balaban J connectivity index is 1.18. The van der Waals surface area contributed by atoms with Gasteiger partial charge in [0.1, 0.15) is 12.5 Å². The molecule has 2 aliphatic heterocycles. The summed E-state index contributed by atoms with van der Waals surface area (Å²) in [4.78, 5) is 0. The molecule has 4 rings (SSSR count). The first-order chi connectivity index (χ1) is 12.4. The third kappa shape index (κ3) is 4.26. The molecule has 2 saturated heterocycles. The molecule has 2 aromatic rings. The molecule has 5 heteroatoms. The molecule has 2 unspecified atom stereocenters. The van der Waals surface area contributed by atoms with Crippen molar-refractivity contribution in [2.24, 2.45) is 0 Å². The van der Waals surface area contributed by atoms with Crippen LogP contribution >= 0.6 is 0 Å². The van der Waals surface area contributed by atoms with E-state index in [4.69, 9.17) is 9.47 Å². The van der Waals surface area contributed by atoms with Crippen molar-refractivity contribution in [1.29, 1.82) is 0 Å². The number of ether oxygens (including phenoxy) is 2. The lowest BCUT2D eigenvalue weighted by Gasteiger charge is -2.16. The van der Waals surface area contributed by atoms with Crippen molar-refractivity contribution in [3.63, 3.8) is 0 Å². The molecule has 0 amide bonds. The zero-order valence-electron chi connectivity index (χ0n) is 14.2. The van der Waals surface area contributed by atoms with Crippen molar-refractivity contribution in [2.45, 2.75) is 24.5 Å². The minimum Gasteiger partial charge on any atom is -0.360 e.